The number of nitrogens with one attached hydrogen (secondary N) is 2. The molecule has 15 heavy (non-hydrogen) atoms. The number of rotatable bonds is 0. The number of amides is 1. The molecule has 3 rings (SSSR count). The van der Waals surface area contributed by atoms with Gasteiger partial charge in [0.25, 0.3) is 0 Å². The van der Waals surface area contributed by atoms with Crippen LogP contribution in [0.3, 0.4) is 0 Å². The monoisotopic (exact) mass is 204 g/mol. The zero-order valence-corrected chi connectivity index (χ0v) is 8.21. The van der Waals surface area contributed by atoms with Crippen LogP contribution >= 0.6 is 0 Å². The average molecular weight is 204 g/mol. The summed E-state index contributed by atoms with van der Waals surface area (Å²) in [7, 11) is 0. The quantitative estimate of drug-likeness (QED) is 0.563. The van der Waals surface area contributed by atoms with E-state index in [1.807, 2.05) is 0 Å². The third-order valence-corrected chi connectivity index (χ3v) is 3.30. The van der Waals surface area contributed by atoms with E-state index >= 15 is 0 Å². The minimum atomic E-state index is -0.466. The number of para-hydroxylation sites is 1. The van der Waals surface area contributed by atoms with Gasteiger partial charge in [-0.25, -0.2) is 0 Å². The van der Waals surface area contributed by atoms with Crippen molar-refractivity contribution in [1.82, 2.24) is 0 Å². The van der Waals surface area contributed by atoms with Gasteiger partial charge in [-0.15, -0.1) is 0 Å². The Labute approximate surface area is 87.3 Å². The minimum absolute atomic E-state index is 0.0202. The molecule has 1 saturated carbocycles. The lowest BCUT2D eigenvalue weighted by molar-refractivity contribution is -0.123. The molecule has 1 aliphatic carbocycles. The van der Waals surface area contributed by atoms with Crippen LogP contribution in [0, 0.1) is 0 Å². The van der Waals surface area contributed by atoms with E-state index in [0.29, 0.717) is 11.4 Å². The molecule has 1 heterocycles. The van der Waals surface area contributed by atoms with Gasteiger partial charge < -0.3 is 15.7 Å². The van der Waals surface area contributed by atoms with Gasteiger partial charge in [0.05, 0.1) is 5.69 Å². The third-order valence-electron chi connectivity index (χ3n) is 3.30. The van der Waals surface area contributed by atoms with Gasteiger partial charge in [0.2, 0.25) is 5.91 Å². The molecule has 1 aromatic carbocycles. The first-order valence-electron chi connectivity index (χ1n) is 5.13. The van der Waals surface area contributed by atoms with Gasteiger partial charge in [0, 0.05) is 0 Å². The van der Waals surface area contributed by atoms with E-state index in [-0.39, 0.29) is 11.7 Å². The second-order valence-corrected chi connectivity index (χ2v) is 4.21. The standard InChI is InChI=1S/C11H12N2O2/c14-8-4-1-3-7-9(8)13-11(5-2-6-11)10(15)12-7/h1,3-4,13-14H,2,5-6H2,(H,12,15). The fraction of sp³-hybridized carbons (Fsp3) is 0.364. The lowest BCUT2D eigenvalue weighted by Crippen LogP contribution is -2.57. The smallest absolute Gasteiger partial charge is 0.250 e. The molecule has 3 N–H and O–H groups in total. The van der Waals surface area contributed by atoms with Crippen LogP contribution in [0.5, 0.6) is 5.75 Å². The summed E-state index contributed by atoms with van der Waals surface area (Å²) in [6.07, 6.45) is 2.74. The largest absolute Gasteiger partial charge is 0.506 e. The number of benzene rings is 1. The number of hydrogen-bond donors (Lipinski definition) is 3. The van der Waals surface area contributed by atoms with Crippen LogP contribution in [-0.4, -0.2) is 16.6 Å². The SMILES string of the molecule is O=C1Nc2cccc(O)c2NC12CCC2. The molecule has 1 aromatic rings. The second-order valence-electron chi connectivity index (χ2n) is 4.21. The van der Waals surface area contributed by atoms with Crippen LogP contribution in [0.25, 0.3) is 0 Å². The highest BCUT2D eigenvalue weighted by molar-refractivity contribution is 6.07. The molecule has 4 heteroatoms. The number of carbonyl (C=O) groups excluding carboxylic acids is 1. The highest BCUT2D eigenvalue weighted by Crippen LogP contribution is 2.44. The van der Waals surface area contributed by atoms with Crippen LogP contribution in [-0.2, 0) is 4.79 Å². The molecule has 1 amide bonds. The maximum Gasteiger partial charge on any atom is 0.250 e. The van der Waals surface area contributed by atoms with Crippen molar-refractivity contribution in [2.45, 2.75) is 24.8 Å². The van der Waals surface area contributed by atoms with Gasteiger partial charge in [-0.3, -0.25) is 4.79 Å². The fourth-order valence-electron chi connectivity index (χ4n) is 2.20. The molecule has 0 aromatic heterocycles. The van der Waals surface area contributed by atoms with Crippen molar-refractivity contribution >= 4 is 17.3 Å². The van der Waals surface area contributed by atoms with Crippen LogP contribution in [0.4, 0.5) is 11.4 Å². The summed E-state index contributed by atoms with van der Waals surface area (Å²) in [5.74, 6) is 0.214. The van der Waals surface area contributed by atoms with Gasteiger partial charge in [0.1, 0.15) is 17.0 Å². The lowest BCUT2D eigenvalue weighted by Gasteiger charge is -2.44. The molecule has 1 aliphatic heterocycles. The van der Waals surface area contributed by atoms with E-state index in [4.69, 9.17) is 0 Å². The molecule has 0 saturated heterocycles. The summed E-state index contributed by atoms with van der Waals surface area (Å²) in [6.45, 7) is 0. The average Bonchev–Trinajstić information content (AvgIpc) is 2.15. The summed E-state index contributed by atoms with van der Waals surface area (Å²) >= 11 is 0. The predicted molar refractivity (Wildman–Crippen MR) is 56.9 cm³/mol. The lowest BCUT2D eigenvalue weighted by atomic mass is 9.74. The summed E-state index contributed by atoms with van der Waals surface area (Å²) in [5.41, 5.74) is 0.848. The number of phenols is 1. The summed E-state index contributed by atoms with van der Waals surface area (Å²) in [6, 6.07) is 5.12. The van der Waals surface area contributed by atoms with Crippen LogP contribution in [0.2, 0.25) is 0 Å². The maximum absolute atomic E-state index is 11.8. The molecule has 1 fully saturated rings. The molecule has 2 aliphatic rings. The van der Waals surface area contributed by atoms with Crippen molar-refractivity contribution in [3.8, 4) is 5.75 Å². The summed E-state index contributed by atoms with van der Waals surface area (Å²) < 4.78 is 0. The van der Waals surface area contributed by atoms with Gasteiger partial charge in [-0.1, -0.05) is 6.07 Å². The maximum atomic E-state index is 11.8. The van der Waals surface area contributed by atoms with E-state index in [9.17, 15) is 9.90 Å². The molecular weight excluding hydrogens is 192 g/mol. The fourth-order valence-corrected chi connectivity index (χ4v) is 2.20. The minimum Gasteiger partial charge on any atom is -0.506 e. The van der Waals surface area contributed by atoms with Crippen molar-refractivity contribution in [2.24, 2.45) is 0 Å². The first-order chi connectivity index (χ1) is 7.21. The third kappa shape index (κ3) is 1.04. The Morgan fingerprint density at radius 3 is 2.80 bits per heavy atom. The highest BCUT2D eigenvalue weighted by Gasteiger charge is 2.47. The number of hydrogen-bond acceptors (Lipinski definition) is 3. The van der Waals surface area contributed by atoms with Crippen molar-refractivity contribution in [3.63, 3.8) is 0 Å². The Hall–Kier alpha value is -1.71. The second kappa shape index (κ2) is 2.66. The number of phenolic OH excluding ortho intramolecular Hbond substituents is 1. The molecule has 78 valence electrons. The first kappa shape index (κ1) is 8.59. The predicted octanol–water partition coefficient (Wildman–Crippen LogP) is 1.68. The molecule has 0 atom stereocenters. The number of aromatic hydroxyl groups is 1. The zero-order chi connectivity index (χ0) is 10.5. The first-order valence-corrected chi connectivity index (χ1v) is 5.13. The Bertz CT molecular complexity index is 438. The molecule has 0 unspecified atom stereocenters. The molecule has 1 spiro atoms. The molecular formula is C11H12N2O2. The van der Waals surface area contributed by atoms with Gasteiger partial charge >= 0.3 is 0 Å². The van der Waals surface area contributed by atoms with Crippen LogP contribution < -0.4 is 10.6 Å². The zero-order valence-electron chi connectivity index (χ0n) is 8.21. The van der Waals surface area contributed by atoms with Crippen LogP contribution in [0.15, 0.2) is 18.2 Å². The van der Waals surface area contributed by atoms with Gasteiger partial charge in [-0.2, -0.15) is 0 Å². The number of anilines is 2. The number of fused-ring (bicyclic) bond motifs is 1. The van der Waals surface area contributed by atoms with Crippen LogP contribution in [0.1, 0.15) is 19.3 Å². The van der Waals surface area contributed by atoms with E-state index in [2.05, 4.69) is 10.6 Å². The van der Waals surface area contributed by atoms with Crippen molar-refractivity contribution in [2.75, 3.05) is 10.6 Å². The Kier molecular flexibility index (Phi) is 1.52. The van der Waals surface area contributed by atoms with Gasteiger partial charge in [0.15, 0.2) is 0 Å². The highest BCUT2D eigenvalue weighted by atomic mass is 16.3. The Morgan fingerprint density at radius 2 is 2.13 bits per heavy atom. The van der Waals surface area contributed by atoms with E-state index in [1.165, 1.54) is 0 Å². The van der Waals surface area contributed by atoms with Crippen molar-refractivity contribution in [3.05, 3.63) is 18.2 Å². The van der Waals surface area contributed by atoms with Crippen molar-refractivity contribution in [1.29, 1.82) is 0 Å². The normalized spacial score (nSPS) is 21.2. The molecule has 4 nitrogen and oxygen atoms in total. The summed E-state index contributed by atoms with van der Waals surface area (Å²) in [4.78, 5) is 11.8. The summed E-state index contributed by atoms with van der Waals surface area (Å²) in [5, 5.41) is 15.7. The Balaban J connectivity index is 2.07. The molecule has 0 bridgehead atoms. The van der Waals surface area contributed by atoms with Crippen molar-refractivity contribution < 1.29 is 9.90 Å². The topological polar surface area (TPSA) is 61.4 Å². The van der Waals surface area contributed by atoms with E-state index < -0.39 is 5.54 Å². The Morgan fingerprint density at radius 1 is 1.33 bits per heavy atom. The number of carbonyl (C=O) groups is 1. The van der Waals surface area contributed by atoms with E-state index in [1.54, 1.807) is 18.2 Å². The molecule has 0 radical (unpaired) electrons. The van der Waals surface area contributed by atoms with E-state index in [0.717, 1.165) is 19.3 Å². The van der Waals surface area contributed by atoms with Gasteiger partial charge in [-0.05, 0) is 31.4 Å².